The molecule has 1 aromatic rings. The van der Waals surface area contributed by atoms with Gasteiger partial charge in [0, 0.05) is 6.04 Å². The second-order valence-corrected chi connectivity index (χ2v) is 5.93. The molecule has 1 aromatic heterocycles. The lowest BCUT2D eigenvalue weighted by atomic mass is 9.95. The van der Waals surface area contributed by atoms with Crippen molar-refractivity contribution in [2.24, 2.45) is 11.8 Å². The van der Waals surface area contributed by atoms with Crippen LogP contribution in [-0.4, -0.2) is 22.0 Å². The Morgan fingerprint density at radius 3 is 2.74 bits per heavy atom. The Balaban J connectivity index is 2.22. The normalized spacial score (nSPS) is 24.9. The van der Waals surface area contributed by atoms with Crippen LogP contribution in [0.2, 0.25) is 0 Å². The van der Waals surface area contributed by atoms with E-state index in [1.54, 1.807) is 13.3 Å². The highest BCUT2D eigenvalue weighted by Gasteiger charge is 2.33. The molecule has 1 heterocycles. The fraction of sp³-hybridized carbons (Fsp3) is 0.800. The van der Waals surface area contributed by atoms with Crippen LogP contribution < -0.4 is 4.74 Å². The van der Waals surface area contributed by atoms with Crippen LogP contribution in [0.1, 0.15) is 64.3 Å². The highest BCUT2D eigenvalue weighted by molar-refractivity contribution is 5.28. The lowest BCUT2D eigenvalue weighted by molar-refractivity contribution is 0.0953. The molecule has 4 nitrogen and oxygen atoms in total. The minimum atomic E-state index is -0.462. The van der Waals surface area contributed by atoms with Crippen LogP contribution in [0.3, 0.4) is 0 Å². The van der Waals surface area contributed by atoms with Crippen LogP contribution >= 0.6 is 0 Å². The van der Waals surface area contributed by atoms with Gasteiger partial charge >= 0.3 is 0 Å². The van der Waals surface area contributed by atoms with E-state index in [9.17, 15) is 5.11 Å². The zero-order valence-corrected chi connectivity index (χ0v) is 12.5. The standard InChI is InChI=1S/C15H26N2O2/c1-5-11-6-7-12(8-11)15(18)14-13(19-4)9-16-17(14)10(2)3/h9-12,15,18H,5-8H2,1-4H3. The van der Waals surface area contributed by atoms with Crippen molar-refractivity contribution in [1.82, 2.24) is 9.78 Å². The monoisotopic (exact) mass is 266 g/mol. The first-order valence-electron chi connectivity index (χ1n) is 7.37. The molecule has 1 aliphatic rings. The third kappa shape index (κ3) is 2.78. The second kappa shape index (κ2) is 5.95. The number of methoxy groups -OCH3 is 1. The Morgan fingerprint density at radius 2 is 2.21 bits per heavy atom. The van der Waals surface area contributed by atoms with Crippen molar-refractivity contribution in [3.05, 3.63) is 11.9 Å². The van der Waals surface area contributed by atoms with Gasteiger partial charge in [0.05, 0.1) is 13.3 Å². The van der Waals surface area contributed by atoms with Crippen molar-refractivity contribution in [3.63, 3.8) is 0 Å². The molecule has 1 fully saturated rings. The summed E-state index contributed by atoms with van der Waals surface area (Å²) in [6.45, 7) is 6.39. The summed E-state index contributed by atoms with van der Waals surface area (Å²) < 4.78 is 7.26. The molecule has 1 saturated carbocycles. The quantitative estimate of drug-likeness (QED) is 0.889. The molecule has 2 rings (SSSR count). The molecule has 108 valence electrons. The summed E-state index contributed by atoms with van der Waals surface area (Å²) >= 11 is 0. The van der Waals surface area contributed by atoms with Crippen molar-refractivity contribution >= 4 is 0 Å². The van der Waals surface area contributed by atoms with Crippen molar-refractivity contribution in [2.75, 3.05) is 7.11 Å². The molecule has 19 heavy (non-hydrogen) atoms. The maximum absolute atomic E-state index is 10.7. The van der Waals surface area contributed by atoms with E-state index in [1.165, 1.54) is 12.8 Å². The molecule has 0 bridgehead atoms. The highest BCUT2D eigenvalue weighted by Crippen LogP contribution is 2.42. The number of ether oxygens (including phenoxy) is 1. The van der Waals surface area contributed by atoms with E-state index in [2.05, 4.69) is 25.9 Å². The van der Waals surface area contributed by atoms with Crippen LogP contribution in [0, 0.1) is 11.8 Å². The first kappa shape index (κ1) is 14.4. The molecule has 0 saturated heterocycles. The van der Waals surface area contributed by atoms with E-state index < -0.39 is 6.10 Å². The summed E-state index contributed by atoms with van der Waals surface area (Å²) in [4.78, 5) is 0. The molecule has 0 aromatic carbocycles. The summed E-state index contributed by atoms with van der Waals surface area (Å²) in [6.07, 6.45) is 5.91. The van der Waals surface area contributed by atoms with Crippen molar-refractivity contribution in [3.8, 4) is 5.75 Å². The summed E-state index contributed by atoms with van der Waals surface area (Å²) in [5.41, 5.74) is 0.847. The Morgan fingerprint density at radius 1 is 1.47 bits per heavy atom. The summed E-state index contributed by atoms with van der Waals surface area (Å²) in [5.74, 6) is 1.82. The van der Waals surface area contributed by atoms with E-state index in [0.717, 1.165) is 24.5 Å². The van der Waals surface area contributed by atoms with Crippen molar-refractivity contribution in [2.45, 2.75) is 58.6 Å². The van der Waals surface area contributed by atoms with Crippen LogP contribution in [0.15, 0.2) is 6.20 Å². The lowest BCUT2D eigenvalue weighted by Crippen LogP contribution is -2.17. The largest absolute Gasteiger partial charge is 0.493 e. The van der Waals surface area contributed by atoms with Gasteiger partial charge in [-0.3, -0.25) is 4.68 Å². The molecule has 0 amide bonds. The minimum absolute atomic E-state index is 0.233. The van der Waals surface area contributed by atoms with Gasteiger partial charge in [-0.15, -0.1) is 0 Å². The van der Waals surface area contributed by atoms with E-state index in [-0.39, 0.29) is 6.04 Å². The Kier molecular flexibility index (Phi) is 4.50. The van der Waals surface area contributed by atoms with Gasteiger partial charge in [-0.2, -0.15) is 5.10 Å². The van der Waals surface area contributed by atoms with Gasteiger partial charge in [0.15, 0.2) is 5.75 Å². The van der Waals surface area contributed by atoms with E-state index in [4.69, 9.17) is 4.74 Å². The molecular formula is C15H26N2O2. The van der Waals surface area contributed by atoms with Crippen LogP contribution in [0.5, 0.6) is 5.75 Å². The first-order chi connectivity index (χ1) is 9.08. The second-order valence-electron chi connectivity index (χ2n) is 5.93. The van der Waals surface area contributed by atoms with Gasteiger partial charge < -0.3 is 9.84 Å². The van der Waals surface area contributed by atoms with E-state index in [1.807, 2.05) is 4.68 Å². The average molecular weight is 266 g/mol. The zero-order valence-electron chi connectivity index (χ0n) is 12.5. The Hall–Kier alpha value is -1.03. The predicted octanol–water partition coefficient (Wildman–Crippen LogP) is 3.33. The molecule has 3 unspecified atom stereocenters. The number of hydrogen-bond donors (Lipinski definition) is 1. The van der Waals surface area contributed by atoms with Gasteiger partial charge in [-0.05, 0) is 38.5 Å². The van der Waals surface area contributed by atoms with Gasteiger partial charge in [0.1, 0.15) is 11.8 Å². The maximum atomic E-state index is 10.7. The topological polar surface area (TPSA) is 47.3 Å². The first-order valence-corrected chi connectivity index (χ1v) is 7.37. The number of aromatic nitrogens is 2. The third-order valence-corrected chi connectivity index (χ3v) is 4.39. The van der Waals surface area contributed by atoms with E-state index >= 15 is 0 Å². The van der Waals surface area contributed by atoms with Crippen molar-refractivity contribution < 1.29 is 9.84 Å². The van der Waals surface area contributed by atoms with Crippen LogP contribution in [0.4, 0.5) is 0 Å². The smallest absolute Gasteiger partial charge is 0.162 e. The van der Waals surface area contributed by atoms with Gasteiger partial charge in [-0.25, -0.2) is 0 Å². The Labute approximate surface area is 115 Å². The van der Waals surface area contributed by atoms with Gasteiger partial charge in [0.25, 0.3) is 0 Å². The third-order valence-electron chi connectivity index (χ3n) is 4.39. The molecular weight excluding hydrogens is 240 g/mol. The average Bonchev–Trinajstić information content (AvgIpc) is 3.03. The summed E-state index contributed by atoms with van der Waals surface area (Å²) in [7, 11) is 1.64. The molecule has 3 atom stereocenters. The molecule has 1 aliphatic carbocycles. The SMILES string of the molecule is CCC1CCC(C(O)c2c(OC)cnn2C(C)C)C1. The fourth-order valence-electron chi connectivity index (χ4n) is 3.20. The number of aliphatic hydroxyl groups excluding tert-OH is 1. The Bertz CT molecular complexity index is 414. The fourth-order valence-corrected chi connectivity index (χ4v) is 3.20. The van der Waals surface area contributed by atoms with Crippen molar-refractivity contribution in [1.29, 1.82) is 0 Å². The van der Waals surface area contributed by atoms with Crippen LogP contribution in [-0.2, 0) is 0 Å². The molecule has 0 radical (unpaired) electrons. The molecule has 0 spiro atoms. The van der Waals surface area contributed by atoms with Gasteiger partial charge in [0.2, 0.25) is 0 Å². The predicted molar refractivity (Wildman–Crippen MR) is 75.2 cm³/mol. The summed E-state index contributed by atoms with van der Waals surface area (Å²) in [5, 5.41) is 15.1. The maximum Gasteiger partial charge on any atom is 0.162 e. The van der Waals surface area contributed by atoms with Gasteiger partial charge in [-0.1, -0.05) is 19.8 Å². The summed E-state index contributed by atoms with van der Waals surface area (Å²) in [6, 6.07) is 0.233. The van der Waals surface area contributed by atoms with E-state index in [0.29, 0.717) is 11.7 Å². The zero-order chi connectivity index (χ0) is 14.0. The number of nitrogens with zero attached hydrogens (tertiary/aromatic N) is 2. The lowest BCUT2D eigenvalue weighted by Gasteiger charge is -2.22. The minimum Gasteiger partial charge on any atom is -0.493 e. The number of rotatable bonds is 5. The van der Waals surface area contributed by atoms with Crippen LogP contribution in [0.25, 0.3) is 0 Å². The molecule has 1 N–H and O–H groups in total. The molecule has 4 heteroatoms. The molecule has 0 aliphatic heterocycles. The number of aliphatic hydroxyl groups is 1. The highest BCUT2D eigenvalue weighted by atomic mass is 16.5. The number of hydrogen-bond acceptors (Lipinski definition) is 3.